The van der Waals surface area contributed by atoms with Crippen molar-refractivity contribution >= 4 is 11.3 Å². The Morgan fingerprint density at radius 2 is 2.17 bits per heavy atom. The Balaban J connectivity index is 1.64. The minimum absolute atomic E-state index is 0.263. The summed E-state index contributed by atoms with van der Waals surface area (Å²) in [6, 6.07) is 6.79. The third-order valence-corrected chi connectivity index (χ3v) is 6.64. The Morgan fingerprint density at radius 3 is 2.96 bits per heavy atom. The highest BCUT2D eigenvalue weighted by molar-refractivity contribution is 7.12. The van der Waals surface area contributed by atoms with Crippen molar-refractivity contribution in [3.05, 3.63) is 44.6 Å². The van der Waals surface area contributed by atoms with Gasteiger partial charge in [-0.25, -0.2) is 0 Å². The summed E-state index contributed by atoms with van der Waals surface area (Å²) in [7, 11) is 1.62. The molecule has 3 nitrogen and oxygen atoms in total. The fourth-order valence-corrected chi connectivity index (χ4v) is 5.32. The summed E-state index contributed by atoms with van der Waals surface area (Å²) in [5.41, 5.74) is 4.15. The third kappa shape index (κ3) is 2.72. The topological polar surface area (TPSA) is 32.7 Å². The molecule has 0 fully saturated rings. The molecular formula is C20H25NO2S. The van der Waals surface area contributed by atoms with Crippen LogP contribution >= 0.6 is 11.3 Å². The number of aryl methyl sites for hydroxylation is 1. The molecule has 1 atom stereocenters. The molecule has 0 radical (unpaired) electrons. The molecule has 0 amide bonds. The summed E-state index contributed by atoms with van der Waals surface area (Å²) < 4.78 is 5.28. The molecule has 4 rings (SSSR count). The zero-order chi connectivity index (χ0) is 16.7. The monoisotopic (exact) mass is 343 g/mol. The summed E-state index contributed by atoms with van der Waals surface area (Å²) in [4.78, 5) is 5.66. The number of benzene rings is 1. The maximum atomic E-state index is 10.2. The number of nitrogens with zero attached hydrogens (tertiary/aromatic N) is 1. The number of hydrogen-bond donors (Lipinski definition) is 1. The molecule has 4 heteroatoms. The van der Waals surface area contributed by atoms with Gasteiger partial charge in [0.05, 0.1) is 7.11 Å². The molecule has 3 heterocycles. The van der Waals surface area contributed by atoms with Crippen LogP contribution in [-0.4, -0.2) is 23.7 Å². The van der Waals surface area contributed by atoms with Crippen LogP contribution in [0.1, 0.15) is 52.3 Å². The fourth-order valence-electron chi connectivity index (χ4n) is 4.07. The second-order valence-corrected chi connectivity index (χ2v) is 8.15. The average Bonchev–Trinajstić information content (AvgIpc) is 2.99. The van der Waals surface area contributed by atoms with Crippen LogP contribution in [0.5, 0.6) is 11.5 Å². The number of unbranched alkanes of at least 4 members (excludes halogenated alkanes) is 1. The van der Waals surface area contributed by atoms with Crippen molar-refractivity contribution in [3.63, 3.8) is 0 Å². The van der Waals surface area contributed by atoms with E-state index in [-0.39, 0.29) is 5.75 Å². The Hall–Kier alpha value is -1.52. The van der Waals surface area contributed by atoms with E-state index in [9.17, 15) is 5.11 Å². The summed E-state index contributed by atoms with van der Waals surface area (Å²) in [5, 5.41) is 10.2. The smallest absolute Gasteiger partial charge is 0.160 e. The van der Waals surface area contributed by atoms with Crippen molar-refractivity contribution < 1.29 is 9.84 Å². The highest BCUT2D eigenvalue weighted by Crippen LogP contribution is 2.43. The lowest BCUT2D eigenvalue weighted by Crippen LogP contribution is -2.38. The van der Waals surface area contributed by atoms with Crippen LogP contribution in [0.4, 0.5) is 0 Å². The SMILES string of the molecule is CCCCc1cc2c(s1)C[C@H]1c3cc(O)c(OC)cc3CCN1C2. The van der Waals surface area contributed by atoms with E-state index in [1.807, 2.05) is 23.5 Å². The Kier molecular flexibility index (Phi) is 4.27. The van der Waals surface area contributed by atoms with Gasteiger partial charge < -0.3 is 9.84 Å². The molecule has 0 aliphatic carbocycles. The van der Waals surface area contributed by atoms with Crippen molar-refractivity contribution in [2.45, 2.75) is 51.6 Å². The van der Waals surface area contributed by atoms with Crippen LogP contribution in [0.15, 0.2) is 18.2 Å². The molecule has 0 saturated carbocycles. The third-order valence-electron chi connectivity index (χ3n) is 5.39. The van der Waals surface area contributed by atoms with Gasteiger partial charge in [-0.05, 0) is 54.2 Å². The summed E-state index contributed by atoms with van der Waals surface area (Å²) in [6.45, 7) is 4.39. The Bertz CT molecular complexity index is 752. The molecule has 0 spiro atoms. The zero-order valence-corrected chi connectivity index (χ0v) is 15.3. The standard InChI is InChI=1S/C20H25NO2S/c1-3-4-5-15-8-14-12-21-7-6-13-9-19(23-2)18(22)10-16(13)17(21)11-20(14)24-15/h8-10,17,22H,3-7,11-12H2,1-2H3/t17-/m0/s1. The van der Waals surface area contributed by atoms with Crippen LogP contribution in [-0.2, 0) is 25.8 Å². The summed E-state index contributed by atoms with van der Waals surface area (Å²) in [6.07, 6.45) is 5.86. The lowest BCUT2D eigenvalue weighted by molar-refractivity contribution is 0.162. The number of rotatable bonds is 4. The van der Waals surface area contributed by atoms with E-state index < -0.39 is 0 Å². The van der Waals surface area contributed by atoms with Gasteiger partial charge in [-0.1, -0.05) is 13.3 Å². The van der Waals surface area contributed by atoms with E-state index in [2.05, 4.69) is 17.9 Å². The van der Waals surface area contributed by atoms with Gasteiger partial charge >= 0.3 is 0 Å². The number of phenolic OH excluding ortho intramolecular Hbond substituents is 1. The lowest BCUT2D eigenvalue weighted by Gasteiger charge is -2.40. The number of hydrogen-bond acceptors (Lipinski definition) is 4. The van der Waals surface area contributed by atoms with Crippen LogP contribution in [0, 0.1) is 0 Å². The van der Waals surface area contributed by atoms with Crippen molar-refractivity contribution in [1.82, 2.24) is 4.90 Å². The van der Waals surface area contributed by atoms with Crippen molar-refractivity contribution in [3.8, 4) is 11.5 Å². The van der Waals surface area contributed by atoms with E-state index in [4.69, 9.17) is 4.74 Å². The normalized spacial score (nSPS) is 19.5. The predicted molar refractivity (Wildman–Crippen MR) is 98.1 cm³/mol. The van der Waals surface area contributed by atoms with E-state index in [0.717, 1.165) is 25.9 Å². The average molecular weight is 343 g/mol. The first-order valence-corrected chi connectivity index (χ1v) is 9.75. The van der Waals surface area contributed by atoms with Crippen molar-refractivity contribution in [2.75, 3.05) is 13.7 Å². The van der Waals surface area contributed by atoms with E-state index >= 15 is 0 Å². The summed E-state index contributed by atoms with van der Waals surface area (Å²) in [5.74, 6) is 0.857. The van der Waals surface area contributed by atoms with Crippen LogP contribution < -0.4 is 4.74 Å². The molecule has 2 aromatic rings. The number of ether oxygens (including phenoxy) is 1. The van der Waals surface area contributed by atoms with Gasteiger partial charge in [0.25, 0.3) is 0 Å². The van der Waals surface area contributed by atoms with Crippen LogP contribution in [0.3, 0.4) is 0 Å². The second-order valence-electron chi connectivity index (χ2n) is 6.93. The van der Waals surface area contributed by atoms with Gasteiger partial charge in [0, 0.05) is 35.3 Å². The maximum absolute atomic E-state index is 10.2. The number of phenols is 1. The van der Waals surface area contributed by atoms with Gasteiger partial charge in [0.2, 0.25) is 0 Å². The fraction of sp³-hybridized carbons (Fsp3) is 0.500. The zero-order valence-electron chi connectivity index (χ0n) is 14.5. The van der Waals surface area contributed by atoms with Crippen LogP contribution in [0.2, 0.25) is 0 Å². The maximum Gasteiger partial charge on any atom is 0.160 e. The molecule has 2 aliphatic rings. The first kappa shape index (κ1) is 16.0. The minimum atomic E-state index is 0.263. The highest BCUT2D eigenvalue weighted by atomic mass is 32.1. The number of aromatic hydroxyl groups is 1. The molecule has 1 N–H and O–H groups in total. The van der Waals surface area contributed by atoms with Gasteiger partial charge in [-0.3, -0.25) is 4.90 Å². The lowest BCUT2D eigenvalue weighted by atomic mass is 9.86. The minimum Gasteiger partial charge on any atom is -0.504 e. The number of methoxy groups -OCH3 is 1. The molecule has 1 aromatic carbocycles. The van der Waals surface area contributed by atoms with Crippen LogP contribution in [0.25, 0.3) is 0 Å². The molecule has 0 saturated heterocycles. The predicted octanol–water partition coefficient (Wildman–Crippen LogP) is 4.46. The quantitative estimate of drug-likeness (QED) is 0.889. The van der Waals surface area contributed by atoms with Gasteiger partial charge in [-0.15, -0.1) is 11.3 Å². The Morgan fingerprint density at radius 1 is 1.29 bits per heavy atom. The molecule has 128 valence electrons. The Labute approximate surface area is 147 Å². The second kappa shape index (κ2) is 6.41. The number of thiophene rings is 1. The van der Waals surface area contributed by atoms with Crippen molar-refractivity contribution in [1.29, 1.82) is 0 Å². The van der Waals surface area contributed by atoms with Crippen molar-refractivity contribution in [2.24, 2.45) is 0 Å². The molecule has 0 bridgehead atoms. The van der Waals surface area contributed by atoms with E-state index in [0.29, 0.717) is 11.8 Å². The first-order chi connectivity index (χ1) is 11.7. The molecule has 0 unspecified atom stereocenters. The molecule has 24 heavy (non-hydrogen) atoms. The van der Waals surface area contributed by atoms with Gasteiger partial charge in [-0.2, -0.15) is 0 Å². The van der Waals surface area contributed by atoms with Gasteiger partial charge in [0.15, 0.2) is 11.5 Å². The molecular weight excluding hydrogens is 318 g/mol. The summed E-state index contributed by atoms with van der Waals surface area (Å²) >= 11 is 2.00. The highest BCUT2D eigenvalue weighted by Gasteiger charge is 2.33. The van der Waals surface area contributed by atoms with Gasteiger partial charge in [0.1, 0.15) is 0 Å². The number of fused-ring (bicyclic) bond motifs is 4. The van der Waals surface area contributed by atoms with E-state index in [1.54, 1.807) is 16.9 Å². The largest absolute Gasteiger partial charge is 0.504 e. The molecule has 2 aliphatic heterocycles. The first-order valence-electron chi connectivity index (χ1n) is 8.94. The molecule has 1 aromatic heterocycles. The van der Waals surface area contributed by atoms with E-state index in [1.165, 1.54) is 36.0 Å².